The Morgan fingerprint density at radius 3 is 2.92 bits per heavy atom. The lowest BCUT2D eigenvalue weighted by molar-refractivity contribution is -0.157. The Bertz CT molecular complexity index is 279. The van der Waals surface area contributed by atoms with Gasteiger partial charge in [0.25, 0.3) is 6.29 Å². The normalized spacial score (nSPS) is 21.1. The molecule has 0 spiro atoms. The Balaban J connectivity index is 2.45. The molecule has 0 bridgehead atoms. The quantitative estimate of drug-likeness (QED) is 0.506. The van der Waals surface area contributed by atoms with Crippen LogP contribution in [0.1, 0.15) is 6.92 Å². The molecular formula is C9H9ClO3. The maximum atomic E-state index is 11.1. The molecule has 0 aromatic rings. The van der Waals surface area contributed by atoms with Crippen molar-refractivity contribution in [3.05, 3.63) is 35.6 Å². The molecule has 0 fully saturated rings. The number of hydrogen-bond acceptors (Lipinski definition) is 3. The van der Waals surface area contributed by atoms with E-state index in [1.54, 1.807) is 25.2 Å². The first-order valence-electron chi connectivity index (χ1n) is 3.71. The third-order valence-corrected chi connectivity index (χ3v) is 1.71. The first kappa shape index (κ1) is 9.86. The predicted molar refractivity (Wildman–Crippen MR) is 48.9 cm³/mol. The van der Waals surface area contributed by atoms with E-state index in [0.717, 1.165) is 0 Å². The molecule has 0 N–H and O–H groups in total. The highest BCUT2D eigenvalue weighted by atomic mass is 35.5. The molecule has 3 nitrogen and oxygen atoms in total. The second kappa shape index (κ2) is 4.72. The molecule has 0 aliphatic carbocycles. The Morgan fingerprint density at radius 2 is 2.38 bits per heavy atom. The number of hydrogen-bond donors (Lipinski definition) is 0. The minimum atomic E-state index is -0.649. The summed E-state index contributed by atoms with van der Waals surface area (Å²) in [5, 5.41) is 0. The second-order valence-electron chi connectivity index (χ2n) is 2.42. The fraction of sp³-hybridized carbons (Fsp3) is 0.222. The molecular weight excluding hydrogens is 192 g/mol. The van der Waals surface area contributed by atoms with Crippen LogP contribution in [0.5, 0.6) is 0 Å². The number of rotatable bonds is 2. The van der Waals surface area contributed by atoms with E-state index in [9.17, 15) is 4.79 Å². The number of carbonyl (C=O) groups excluding carboxylic acids is 1. The van der Waals surface area contributed by atoms with Crippen LogP contribution in [0.15, 0.2) is 35.6 Å². The van der Waals surface area contributed by atoms with Crippen LogP contribution in [0, 0.1) is 0 Å². The van der Waals surface area contributed by atoms with Gasteiger partial charge in [0.05, 0.1) is 6.26 Å². The summed E-state index contributed by atoms with van der Waals surface area (Å²) in [4.78, 5) is 11.1. The molecule has 0 radical (unpaired) electrons. The third kappa shape index (κ3) is 2.95. The van der Waals surface area contributed by atoms with Crippen molar-refractivity contribution in [2.75, 3.05) is 0 Å². The van der Waals surface area contributed by atoms with Crippen molar-refractivity contribution < 1.29 is 14.3 Å². The summed E-state index contributed by atoms with van der Waals surface area (Å²) >= 11 is 5.33. The van der Waals surface area contributed by atoms with Crippen LogP contribution in [0.2, 0.25) is 0 Å². The highest BCUT2D eigenvalue weighted by molar-refractivity contribution is 6.27. The molecule has 1 heterocycles. The van der Waals surface area contributed by atoms with Gasteiger partial charge in [0, 0.05) is 11.1 Å². The first-order valence-corrected chi connectivity index (χ1v) is 4.14. The molecule has 13 heavy (non-hydrogen) atoms. The summed E-state index contributed by atoms with van der Waals surface area (Å²) in [7, 11) is 0. The van der Waals surface area contributed by atoms with Crippen molar-refractivity contribution in [3.8, 4) is 0 Å². The third-order valence-electron chi connectivity index (χ3n) is 1.38. The van der Waals surface area contributed by atoms with E-state index in [4.69, 9.17) is 21.1 Å². The van der Waals surface area contributed by atoms with Crippen molar-refractivity contribution in [2.45, 2.75) is 13.2 Å². The molecule has 0 amide bonds. The molecule has 70 valence electrons. The van der Waals surface area contributed by atoms with E-state index in [0.29, 0.717) is 5.57 Å². The van der Waals surface area contributed by atoms with E-state index in [-0.39, 0.29) is 0 Å². The number of allylic oxidation sites excluding steroid dienone is 2. The molecule has 4 heteroatoms. The summed E-state index contributed by atoms with van der Waals surface area (Å²) in [6.07, 6.45) is 5.87. The van der Waals surface area contributed by atoms with Gasteiger partial charge in [-0.2, -0.15) is 0 Å². The van der Waals surface area contributed by atoms with Crippen LogP contribution < -0.4 is 0 Å². The van der Waals surface area contributed by atoms with Gasteiger partial charge in [-0.25, -0.2) is 4.79 Å². The second-order valence-corrected chi connectivity index (χ2v) is 2.63. The van der Waals surface area contributed by atoms with Gasteiger partial charge < -0.3 is 9.47 Å². The molecule has 0 saturated carbocycles. The highest BCUT2D eigenvalue weighted by Crippen LogP contribution is 2.07. The molecule has 1 aliphatic heterocycles. The largest absolute Gasteiger partial charge is 0.459 e. The zero-order valence-electron chi connectivity index (χ0n) is 7.07. The van der Waals surface area contributed by atoms with Gasteiger partial charge in [0.15, 0.2) is 0 Å². The van der Waals surface area contributed by atoms with E-state index in [1.165, 1.54) is 11.8 Å². The van der Waals surface area contributed by atoms with Crippen LogP contribution in [-0.2, 0) is 14.3 Å². The topological polar surface area (TPSA) is 35.5 Å². The Labute approximate surface area is 81.3 Å². The highest BCUT2D eigenvalue weighted by Gasteiger charge is 2.13. The zero-order chi connectivity index (χ0) is 9.68. The lowest BCUT2D eigenvalue weighted by atomic mass is 10.3. The number of carbonyl (C=O) groups is 1. The fourth-order valence-electron chi connectivity index (χ4n) is 0.678. The minimum Gasteiger partial charge on any atom is -0.459 e. The molecule has 1 unspecified atom stereocenters. The Morgan fingerprint density at radius 1 is 1.62 bits per heavy atom. The van der Waals surface area contributed by atoms with E-state index < -0.39 is 12.3 Å². The van der Waals surface area contributed by atoms with Crippen LogP contribution in [-0.4, -0.2) is 12.3 Å². The SMILES string of the molecule is CC(=CCl)C(=O)OC1C=CC=CO1. The maximum absolute atomic E-state index is 11.1. The maximum Gasteiger partial charge on any atom is 0.337 e. The van der Waals surface area contributed by atoms with Gasteiger partial charge in [-0.15, -0.1) is 0 Å². The van der Waals surface area contributed by atoms with Crippen molar-refractivity contribution in [3.63, 3.8) is 0 Å². The Hall–Kier alpha value is -1.22. The van der Waals surface area contributed by atoms with Gasteiger partial charge in [-0.3, -0.25) is 0 Å². The molecule has 1 aliphatic rings. The summed E-state index contributed by atoms with van der Waals surface area (Å²) in [6.45, 7) is 1.57. The Kier molecular flexibility index (Phi) is 3.58. The number of ether oxygens (including phenoxy) is 2. The van der Waals surface area contributed by atoms with Crippen LogP contribution in [0.3, 0.4) is 0 Å². The average Bonchev–Trinajstić information content (AvgIpc) is 2.18. The summed E-state index contributed by atoms with van der Waals surface area (Å²) in [6, 6.07) is 0. The lowest BCUT2D eigenvalue weighted by Gasteiger charge is -2.15. The van der Waals surface area contributed by atoms with Gasteiger partial charge >= 0.3 is 5.97 Å². The van der Waals surface area contributed by atoms with E-state index in [2.05, 4.69) is 0 Å². The summed E-state index contributed by atoms with van der Waals surface area (Å²) < 4.78 is 9.85. The van der Waals surface area contributed by atoms with Crippen LogP contribution >= 0.6 is 11.6 Å². The standard InChI is InChI=1S/C9H9ClO3/c1-7(6-10)9(11)13-8-4-2-3-5-12-8/h2-6,8H,1H3. The van der Waals surface area contributed by atoms with Crippen molar-refractivity contribution >= 4 is 17.6 Å². The van der Waals surface area contributed by atoms with E-state index in [1.807, 2.05) is 0 Å². The van der Waals surface area contributed by atoms with Gasteiger partial charge in [0.2, 0.25) is 0 Å². The molecule has 0 aromatic heterocycles. The van der Waals surface area contributed by atoms with Crippen molar-refractivity contribution in [1.82, 2.24) is 0 Å². The van der Waals surface area contributed by atoms with Crippen LogP contribution in [0.25, 0.3) is 0 Å². The smallest absolute Gasteiger partial charge is 0.337 e. The number of esters is 1. The van der Waals surface area contributed by atoms with Gasteiger partial charge in [-0.1, -0.05) is 17.7 Å². The van der Waals surface area contributed by atoms with Gasteiger partial charge in [0.1, 0.15) is 0 Å². The molecule has 1 rings (SSSR count). The summed E-state index contributed by atoms with van der Waals surface area (Å²) in [5.74, 6) is -0.486. The van der Waals surface area contributed by atoms with Crippen LogP contribution in [0.4, 0.5) is 0 Å². The van der Waals surface area contributed by atoms with E-state index >= 15 is 0 Å². The molecule has 0 saturated heterocycles. The average molecular weight is 201 g/mol. The fourth-order valence-corrected chi connectivity index (χ4v) is 0.768. The van der Waals surface area contributed by atoms with Crippen molar-refractivity contribution in [2.24, 2.45) is 0 Å². The van der Waals surface area contributed by atoms with Gasteiger partial charge in [-0.05, 0) is 19.1 Å². The molecule has 1 atom stereocenters. The monoisotopic (exact) mass is 200 g/mol. The lowest BCUT2D eigenvalue weighted by Crippen LogP contribution is -2.18. The van der Waals surface area contributed by atoms with Crippen molar-refractivity contribution in [1.29, 1.82) is 0 Å². The number of halogens is 1. The predicted octanol–water partition coefficient (Wildman–Crippen LogP) is 2.10. The minimum absolute atomic E-state index is 0.341. The zero-order valence-corrected chi connectivity index (χ0v) is 7.82. The molecule has 0 aromatic carbocycles. The first-order chi connectivity index (χ1) is 6.24. The summed E-state index contributed by atoms with van der Waals surface area (Å²) in [5.41, 5.74) is 1.51.